The Balaban J connectivity index is 3.72. The molecule has 9 heteroatoms. The smallest absolute Gasteiger partial charge is 0.264 e. The third-order valence-electron chi connectivity index (χ3n) is 1.19. The number of halogens is 1. The van der Waals surface area contributed by atoms with Gasteiger partial charge in [-0.05, 0) is 6.42 Å². The van der Waals surface area contributed by atoms with Gasteiger partial charge in [-0.2, -0.15) is 16.8 Å². The van der Waals surface area contributed by atoms with Crippen molar-refractivity contribution in [2.75, 3.05) is 25.7 Å². The van der Waals surface area contributed by atoms with E-state index in [9.17, 15) is 16.8 Å². The van der Waals surface area contributed by atoms with Gasteiger partial charge in [-0.3, -0.25) is 8.37 Å². The lowest BCUT2D eigenvalue weighted by molar-refractivity contribution is 0.280. The molecule has 0 aliphatic carbocycles. The van der Waals surface area contributed by atoms with E-state index in [0.29, 0.717) is 6.42 Å². The first-order valence-electron chi connectivity index (χ1n) is 3.93. The molecule has 0 rings (SSSR count). The van der Waals surface area contributed by atoms with Crippen molar-refractivity contribution in [3.05, 3.63) is 0 Å². The summed E-state index contributed by atoms with van der Waals surface area (Å²) in [5.74, 6) is 0. The third kappa shape index (κ3) is 12.2. The van der Waals surface area contributed by atoms with E-state index in [0.717, 1.165) is 12.5 Å². The molecule has 0 bridgehead atoms. The predicted molar refractivity (Wildman–Crippen MR) is 58.9 cm³/mol. The van der Waals surface area contributed by atoms with Gasteiger partial charge in [-0.25, -0.2) is 0 Å². The lowest BCUT2D eigenvalue weighted by Gasteiger charge is -2.08. The molecule has 0 radical (unpaired) electrons. The molecule has 1 atom stereocenters. The minimum Gasteiger partial charge on any atom is -0.270 e. The monoisotopic (exact) mass is 324 g/mol. The summed E-state index contributed by atoms with van der Waals surface area (Å²) in [5, 5.41) is 0. The summed E-state index contributed by atoms with van der Waals surface area (Å²) in [6.07, 6.45) is 2.23. The summed E-state index contributed by atoms with van der Waals surface area (Å²) < 4.78 is 51.3. The standard InChI is InChI=1S/C6H13BrO6S2/c1-14(8,9)12-4-3-6(7)5-13-15(2,10)11/h6H,3-5H2,1-2H3/t6-/m0/s1. The predicted octanol–water partition coefficient (Wildman–Crippen LogP) is 0.0924. The van der Waals surface area contributed by atoms with Crippen molar-refractivity contribution in [3.8, 4) is 0 Å². The van der Waals surface area contributed by atoms with E-state index in [4.69, 9.17) is 0 Å². The summed E-state index contributed by atoms with van der Waals surface area (Å²) in [6, 6.07) is 0. The third-order valence-corrected chi connectivity index (χ3v) is 3.07. The van der Waals surface area contributed by atoms with Crippen LogP contribution in [0.3, 0.4) is 0 Å². The molecule has 0 aliphatic rings. The lowest BCUT2D eigenvalue weighted by Crippen LogP contribution is -2.16. The van der Waals surface area contributed by atoms with E-state index < -0.39 is 20.2 Å². The first kappa shape index (κ1) is 15.3. The molecule has 0 aromatic rings. The first-order chi connectivity index (χ1) is 6.60. The topological polar surface area (TPSA) is 86.7 Å². The maximum absolute atomic E-state index is 10.6. The zero-order valence-corrected chi connectivity index (χ0v) is 11.6. The van der Waals surface area contributed by atoms with Gasteiger partial charge in [-0.15, -0.1) is 0 Å². The van der Waals surface area contributed by atoms with Crippen LogP contribution in [0.4, 0.5) is 0 Å². The Bertz CT molecular complexity index is 372. The van der Waals surface area contributed by atoms with Gasteiger partial charge in [0.25, 0.3) is 20.2 Å². The van der Waals surface area contributed by atoms with Crippen molar-refractivity contribution in [1.82, 2.24) is 0 Å². The maximum Gasteiger partial charge on any atom is 0.264 e. The van der Waals surface area contributed by atoms with E-state index in [1.165, 1.54) is 0 Å². The number of alkyl halides is 1. The number of hydrogen-bond donors (Lipinski definition) is 0. The molecule has 0 fully saturated rings. The molecule has 15 heavy (non-hydrogen) atoms. The number of hydrogen-bond acceptors (Lipinski definition) is 6. The summed E-state index contributed by atoms with van der Waals surface area (Å²) in [5.41, 5.74) is 0. The van der Waals surface area contributed by atoms with Crippen molar-refractivity contribution in [2.24, 2.45) is 0 Å². The maximum atomic E-state index is 10.6. The van der Waals surface area contributed by atoms with Crippen molar-refractivity contribution in [3.63, 3.8) is 0 Å². The SMILES string of the molecule is CS(=O)(=O)OCC[C@H](Br)COS(C)(=O)=O. The molecule has 0 aromatic carbocycles. The second-order valence-corrected chi connectivity index (χ2v) is 7.48. The van der Waals surface area contributed by atoms with E-state index in [1.807, 2.05) is 0 Å². The van der Waals surface area contributed by atoms with Crippen LogP contribution in [0.2, 0.25) is 0 Å². The molecule has 0 unspecified atom stereocenters. The molecule has 0 N–H and O–H groups in total. The van der Waals surface area contributed by atoms with Crippen LogP contribution >= 0.6 is 15.9 Å². The van der Waals surface area contributed by atoms with Crippen LogP contribution in [0.5, 0.6) is 0 Å². The van der Waals surface area contributed by atoms with Crippen molar-refractivity contribution < 1.29 is 25.2 Å². The number of rotatable bonds is 7. The summed E-state index contributed by atoms with van der Waals surface area (Å²) in [7, 11) is -6.90. The fourth-order valence-electron chi connectivity index (χ4n) is 0.608. The Morgan fingerprint density at radius 2 is 1.53 bits per heavy atom. The van der Waals surface area contributed by atoms with Crippen molar-refractivity contribution in [2.45, 2.75) is 11.2 Å². The molecule has 92 valence electrons. The molecule has 6 nitrogen and oxygen atoms in total. The molecular weight excluding hydrogens is 312 g/mol. The van der Waals surface area contributed by atoms with Gasteiger partial charge in [0.2, 0.25) is 0 Å². The van der Waals surface area contributed by atoms with Crippen molar-refractivity contribution >= 4 is 36.2 Å². The Kier molecular flexibility index (Phi) is 6.26. The molecule has 0 aliphatic heterocycles. The highest BCUT2D eigenvalue weighted by Crippen LogP contribution is 2.08. The zero-order chi connectivity index (χ0) is 12.1. The van der Waals surface area contributed by atoms with Crippen LogP contribution in [-0.4, -0.2) is 47.4 Å². The average molecular weight is 325 g/mol. The molecule has 0 heterocycles. The van der Waals surface area contributed by atoms with E-state index in [1.54, 1.807) is 0 Å². The highest BCUT2D eigenvalue weighted by molar-refractivity contribution is 9.09. The van der Waals surface area contributed by atoms with Gasteiger partial charge in [0.15, 0.2) is 0 Å². The molecule has 0 saturated heterocycles. The minimum absolute atomic E-state index is 0.0120. The molecular formula is C6H13BrO6S2. The van der Waals surface area contributed by atoms with Crippen LogP contribution in [0, 0.1) is 0 Å². The van der Waals surface area contributed by atoms with E-state index in [-0.39, 0.29) is 18.0 Å². The van der Waals surface area contributed by atoms with Crippen molar-refractivity contribution in [1.29, 1.82) is 0 Å². The van der Waals surface area contributed by atoms with Crippen LogP contribution < -0.4 is 0 Å². The fraction of sp³-hybridized carbons (Fsp3) is 1.00. The highest BCUT2D eigenvalue weighted by Gasteiger charge is 2.10. The summed E-state index contributed by atoms with van der Waals surface area (Å²) in [6.45, 7) is -0.0617. The van der Waals surface area contributed by atoms with Gasteiger partial charge in [0.1, 0.15) is 0 Å². The molecule has 0 amide bonds. The fourth-order valence-corrected chi connectivity index (χ4v) is 1.91. The second kappa shape index (κ2) is 6.14. The largest absolute Gasteiger partial charge is 0.270 e. The lowest BCUT2D eigenvalue weighted by atomic mass is 10.3. The van der Waals surface area contributed by atoms with Crippen LogP contribution in [0.25, 0.3) is 0 Å². The van der Waals surface area contributed by atoms with Gasteiger partial charge in [-0.1, -0.05) is 15.9 Å². The highest BCUT2D eigenvalue weighted by atomic mass is 79.9. The Morgan fingerprint density at radius 1 is 1.07 bits per heavy atom. The van der Waals surface area contributed by atoms with E-state index in [2.05, 4.69) is 24.3 Å². The van der Waals surface area contributed by atoms with E-state index >= 15 is 0 Å². The Hall–Kier alpha value is 0.300. The van der Waals surface area contributed by atoms with Gasteiger partial charge < -0.3 is 0 Å². The average Bonchev–Trinajstić information content (AvgIpc) is 1.97. The quantitative estimate of drug-likeness (QED) is 0.487. The summed E-state index contributed by atoms with van der Waals surface area (Å²) >= 11 is 3.13. The van der Waals surface area contributed by atoms with Gasteiger partial charge in [0.05, 0.1) is 25.7 Å². The minimum atomic E-state index is -3.46. The first-order valence-corrected chi connectivity index (χ1v) is 8.48. The Labute approximate surface area is 98.3 Å². The zero-order valence-electron chi connectivity index (χ0n) is 8.34. The molecule has 0 aromatic heterocycles. The van der Waals surface area contributed by atoms with Crippen LogP contribution in [0.15, 0.2) is 0 Å². The second-order valence-electron chi connectivity index (χ2n) is 2.90. The van der Waals surface area contributed by atoms with Crippen LogP contribution in [0.1, 0.15) is 6.42 Å². The molecule has 0 saturated carbocycles. The molecule has 0 spiro atoms. The normalized spacial score (nSPS) is 15.1. The summed E-state index contributed by atoms with van der Waals surface area (Å²) in [4.78, 5) is -0.269. The Morgan fingerprint density at radius 3 is 1.93 bits per heavy atom. The van der Waals surface area contributed by atoms with Gasteiger partial charge in [0, 0.05) is 4.83 Å². The van der Waals surface area contributed by atoms with Crippen LogP contribution in [-0.2, 0) is 28.6 Å². The van der Waals surface area contributed by atoms with Gasteiger partial charge >= 0.3 is 0 Å².